The summed E-state index contributed by atoms with van der Waals surface area (Å²) in [6.45, 7) is 5.42. The van der Waals surface area contributed by atoms with Gasteiger partial charge in [0.2, 0.25) is 0 Å². The lowest BCUT2D eigenvalue weighted by atomic mass is 9.98. The number of alkyl carbamates (subject to hydrolysis) is 1. The van der Waals surface area contributed by atoms with Gasteiger partial charge in [0.15, 0.2) is 0 Å². The van der Waals surface area contributed by atoms with Gasteiger partial charge >= 0.3 is 18.2 Å². The number of rotatable bonds is 6. The van der Waals surface area contributed by atoms with Crippen molar-refractivity contribution in [2.45, 2.75) is 44.8 Å². The van der Waals surface area contributed by atoms with Gasteiger partial charge in [-0.3, -0.25) is 4.57 Å². The molecule has 0 unspecified atom stereocenters. The van der Waals surface area contributed by atoms with Crippen LogP contribution in [0.15, 0.2) is 72.9 Å². The van der Waals surface area contributed by atoms with E-state index >= 15 is 0 Å². The molecule has 1 aromatic heterocycles. The van der Waals surface area contributed by atoms with Crippen LogP contribution in [-0.4, -0.2) is 48.1 Å². The van der Waals surface area contributed by atoms with Gasteiger partial charge in [0.25, 0.3) is 0 Å². The molecule has 0 spiro atoms. The van der Waals surface area contributed by atoms with Gasteiger partial charge in [-0.15, -0.1) is 0 Å². The number of carbonyl (C=O) groups is 3. The Morgan fingerprint density at radius 3 is 2.22 bits per heavy atom. The van der Waals surface area contributed by atoms with Crippen LogP contribution in [0.1, 0.15) is 43.4 Å². The second-order valence-electron chi connectivity index (χ2n) is 10.9. The highest BCUT2D eigenvalue weighted by atomic mass is 35.5. The molecule has 3 aromatic carbocycles. The number of hydrogen-bond acceptors (Lipinski definition) is 6. The van der Waals surface area contributed by atoms with E-state index in [0.29, 0.717) is 21.5 Å². The summed E-state index contributed by atoms with van der Waals surface area (Å²) in [5.74, 6) is -0.771. The van der Waals surface area contributed by atoms with E-state index in [9.17, 15) is 14.4 Å². The fraction of sp³-hybridized carbons (Fsp3) is 0.281. The van der Waals surface area contributed by atoms with Gasteiger partial charge in [0, 0.05) is 28.9 Å². The van der Waals surface area contributed by atoms with E-state index in [1.54, 1.807) is 45.2 Å². The van der Waals surface area contributed by atoms with Crippen molar-refractivity contribution in [2.24, 2.45) is 0 Å². The Balaban J connectivity index is 1.35. The van der Waals surface area contributed by atoms with Crippen molar-refractivity contribution < 1.29 is 28.6 Å². The lowest BCUT2D eigenvalue weighted by Crippen LogP contribution is -2.43. The van der Waals surface area contributed by atoms with E-state index in [1.165, 1.54) is 11.7 Å². The summed E-state index contributed by atoms with van der Waals surface area (Å²) < 4.78 is 17.5. The zero-order valence-corrected chi connectivity index (χ0v) is 24.0. The number of halogens is 1. The topological polar surface area (TPSA) is 95.9 Å². The average molecular weight is 575 g/mol. The molecular weight excluding hydrogens is 544 g/mol. The largest absolute Gasteiger partial charge is 0.467 e. The first-order valence-electron chi connectivity index (χ1n) is 13.3. The minimum absolute atomic E-state index is 0.0464. The summed E-state index contributed by atoms with van der Waals surface area (Å²) in [5, 5.41) is 3.78. The lowest BCUT2D eigenvalue weighted by Gasteiger charge is -2.19. The monoisotopic (exact) mass is 574 g/mol. The summed E-state index contributed by atoms with van der Waals surface area (Å²) in [5.41, 5.74) is 4.83. The Hall–Kier alpha value is -4.30. The Bertz CT molecular complexity index is 1590. The summed E-state index contributed by atoms with van der Waals surface area (Å²) >= 11 is 6.22. The van der Waals surface area contributed by atoms with Crippen LogP contribution in [0.4, 0.5) is 9.59 Å². The molecule has 1 atom stereocenters. The Kier molecular flexibility index (Phi) is 7.78. The maximum atomic E-state index is 13.0. The fourth-order valence-electron chi connectivity index (χ4n) is 5.23. The van der Waals surface area contributed by atoms with Crippen LogP contribution in [0.5, 0.6) is 0 Å². The SMILES string of the molecule is COC(=O)[C@H](Cc1cn(C(=O)OC(C)(C)C)c2cc(Cl)ccc12)NC(=O)OCC1c2ccccc2-c2ccccc21. The van der Waals surface area contributed by atoms with Crippen molar-refractivity contribution in [3.63, 3.8) is 0 Å². The van der Waals surface area contributed by atoms with Crippen LogP contribution >= 0.6 is 11.6 Å². The van der Waals surface area contributed by atoms with E-state index in [1.807, 2.05) is 36.4 Å². The molecule has 1 N–H and O–H groups in total. The van der Waals surface area contributed by atoms with Crippen LogP contribution in [0.3, 0.4) is 0 Å². The lowest BCUT2D eigenvalue weighted by molar-refractivity contribution is -0.142. The number of carbonyl (C=O) groups excluding carboxylic acids is 3. The molecule has 1 aliphatic carbocycles. The highest BCUT2D eigenvalue weighted by molar-refractivity contribution is 6.31. The summed E-state index contributed by atoms with van der Waals surface area (Å²) in [6.07, 6.45) is 0.297. The van der Waals surface area contributed by atoms with E-state index in [-0.39, 0.29) is 18.9 Å². The minimum atomic E-state index is -1.07. The first-order valence-corrected chi connectivity index (χ1v) is 13.7. The molecule has 0 saturated heterocycles. The molecule has 212 valence electrons. The summed E-state index contributed by atoms with van der Waals surface area (Å²) in [7, 11) is 1.25. The van der Waals surface area contributed by atoms with Crippen molar-refractivity contribution in [2.75, 3.05) is 13.7 Å². The molecule has 1 amide bonds. The Morgan fingerprint density at radius 1 is 0.976 bits per heavy atom. The molecule has 0 fully saturated rings. The molecule has 1 aliphatic rings. The van der Waals surface area contributed by atoms with E-state index in [4.69, 9.17) is 25.8 Å². The molecule has 4 aromatic rings. The number of amides is 1. The molecule has 0 bridgehead atoms. The van der Waals surface area contributed by atoms with Crippen molar-refractivity contribution in [1.29, 1.82) is 0 Å². The fourth-order valence-corrected chi connectivity index (χ4v) is 5.40. The molecule has 0 aliphatic heterocycles. The number of benzene rings is 3. The molecule has 0 saturated carbocycles. The predicted molar refractivity (Wildman–Crippen MR) is 156 cm³/mol. The maximum absolute atomic E-state index is 13.0. The van der Waals surface area contributed by atoms with Gasteiger partial charge in [-0.2, -0.15) is 0 Å². The van der Waals surface area contributed by atoms with Gasteiger partial charge in [-0.25, -0.2) is 14.4 Å². The predicted octanol–water partition coefficient (Wildman–Crippen LogP) is 6.70. The number of fused-ring (bicyclic) bond motifs is 4. The second-order valence-corrected chi connectivity index (χ2v) is 11.4. The Morgan fingerprint density at radius 2 is 1.61 bits per heavy atom. The van der Waals surface area contributed by atoms with Crippen molar-refractivity contribution in [3.05, 3.63) is 94.6 Å². The summed E-state index contributed by atoms with van der Waals surface area (Å²) in [6, 6.07) is 20.1. The van der Waals surface area contributed by atoms with Gasteiger partial charge in [0.05, 0.1) is 12.6 Å². The van der Waals surface area contributed by atoms with Gasteiger partial charge < -0.3 is 19.5 Å². The molecule has 8 nitrogen and oxygen atoms in total. The number of aromatic nitrogens is 1. The zero-order valence-electron chi connectivity index (χ0n) is 23.3. The first kappa shape index (κ1) is 28.2. The molecule has 5 rings (SSSR count). The van der Waals surface area contributed by atoms with Crippen molar-refractivity contribution in [3.8, 4) is 11.1 Å². The standard InChI is InChI=1S/C32H31ClN2O6/c1-32(2,3)41-31(38)35-17-19(21-14-13-20(33)16-28(21)35)15-27(29(36)39-4)34-30(37)40-18-26-24-11-7-5-9-22(24)23-10-6-8-12-25(23)26/h5-14,16-17,26-27H,15,18H2,1-4H3,(H,34,37)/t27-/m0/s1. The van der Waals surface area contributed by atoms with E-state index in [0.717, 1.165) is 22.3 Å². The maximum Gasteiger partial charge on any atom is 0.419 e. The molecule has 0 radical (unpaired) electrons. The van der Waals surface area contributed by atoms with Crippen LogP contribution in [-0.2, 0) is 25.4 Å². The summed E-state index contributed by atoms with van der Waals surface area (Å²) in [4.78, 5) is 38.7. The van der Waals surface area contributed by atoms with Crippen molar-refractivity contribution >= 4 is 40.7 Å². The number of nitrogens with one attached hydrogen (secondary N) is 1. The Labute approximate surface area is 243 Å². The van der Waals surface area contributed by atoms with E-state index < -0.39 is 29.8 Å². The van der Waals surface area contributed by atoms with Gasteiger partial charge in [-0.1, -0.05) is 66.2 Å². The van der Waals surface area contributed by atoms with Crippen LogP contribution in [0.25, 0.3) is 22.0 Å². The third kappa shape index (κ3) is 5.93. The second kappa shape index (κ2) is 11.3. The molecule has 9 heteroatoms. The third-order valence-electron chi connectivity index (χ3n) is 6.99. The molecule has 1 heterocycles. The number of methoxy groups -OCH3 is 1. The highest BCUT2D eigenvalue weighted by Gasteiger charge is 2.31. The quantitative estimate of drug-likeness (QED) is 0.203. The van der Waals surface area contributed by atoms with Gasteiger partial charge in [-0.05, 0) is 60.7 Å². The average Bonchev–Trinajstić information content (AvgIpc) is 3.45. The normalized spacial score (nSPS) is 13.3. The van der Waals surface area contributed by atoms with Gasteiger partial charge in [0.1, 0.15) is 18.2 Å². The van der Waals surface area contributed by atoms with Crippen LogP contribution in [0, 0.1) is 0 Å². The highest BCUT2D eigenvalue weighted by Crippen LogP contribution is 2.44. The first-order chi connectivity index (χ1) is 19.6. The van der Waals surface area contributed by atoms with Crippen LogP contribution < -0.4 is 5.32 Å². The minimum Gasteiger partial charge on any atom is -0.467 e. The van der Waals surface area contributed by atoms with E-state index in [2.05, 4.69) is 17.4 Å². The number of nitrogens with zero attached hydrogens (tertiary/aromatic N) is 1. The van der Waals surface area contributed by atoms with Crippen molar-refractivity contribution in [1.82, 2.24) is 9.88 Å². The number of ether oxygens (including phenoxy) is 3. The smallest absolute Gasteiger partial charge is 0.419 e. The number of hydrogen-bond donors (Lipinski definition) is 1. The zero-order chi connectivity index (χ0) is 29.3. The third-order valence-corrected chi connectivity index (χ3v) is 7.22. The molecular formula is C32H31ClN2O6. The van der Waals surface area contributed by atoms with Crippen LogP contribution in [0.2, 0.25) is 5.02 Å². The molecule has 41 heavy (non-hydrogen) atoms. The number of esters is 1.